The second-order valence-corrected chi connectivity index (χ2v) is 4.36. The highest BCUT2D eigenvalue weighted by Gasteiger charge is 2.23. The number of ether oxygens (including phenoxy) is 6. The number of esters is 1. The van der Waals surface area contributed by atoms with Crippen LogP contribution in [0.15, 0.2) is 0 Å². The number of nitrogens with one attached hydrogen (secondary N) is 1. The summed E-state index contributed by atoms with van der Waals surface area (Å²) < 4.78 is 30.1. The average Bonchev–Trinajstić information content (AvgIpc) is 2.93. The Bertz CT molecular complexity index is 325. The first kappa shape index (κ1) is 18.6. The van der Waals surface area contributed by atoms with Crippen molar-refractivity contribution in [3.05, 3.63) is 0 Å². The zero-order chi connectivity index (χ0) is 16.0. The van der Waals surface area contributed by atoms with Crippen LogP contribution in [-0.2, 0) is 33.2 Å². The van der Waals surface area contributed by atoms with Gasteiger partial charge in [0, 0.05) is 7.11 Å². The van der Waals surface area contributed by atoms with E-state index in [2.05, 4.69) is 5.32 Å². The van der Waals surface area contributed by atoms with E-state index >= 15 is 0 Å². The minimum atomic E-state index is -0.508. The van der Waals surface area contributed by atoms with Crippen LogP contribution in [0.2, 0.25) is 0 Å². The van der Waals surface area contributed by atoms with Crippen LogP contribution in [0.5, 0.6) is 0 Å². The summed E-state index contributed by atoms with van der Waals surface area (Å²) in [5.74, 6) is -0.508. The van der Waals surface area contributed by atoms with Gasteiger partial charge < -0.3 is 33.7 Å². The van der Waals surface area contributed by atoms with Gasteiger partial charge in [-0.25, -0.2) is 9.59 Å². The molecule has 0 aromatic rings. The Balaban J connectivity index is 1.81. The third kappa shape index (κ3) is 9.50. The van der Waals surface area contributed by atoms with Gasteiger partial charge in [-0.15, -0.1) is 0 Å². The highest BCUT2D eigenvalue weighted by Crippen LogP contribution is 2.00. The van der Waals surface area contributed by atoms with E-state index in [1.54, 1.807) is 7.11 Å². The Morgan fingerprint density at radius 3 is 2.36 bits per heavy atom. The fraction of sp³-hybridized carbons (Fsp3) is 0.846. The van der Waals surface area contributed by atoms with E-state index in [9.17, 15) is 9.59 Å². The number of carbonyl (C=O) groups is 2. The molecule has 128 valence electrons. The largest absolute Gasteiger partial charge is 0.460 e. The van der Waals surface area contributed by atoms with Crippen molar-refractivity contribution >= 4 is 12.1 Å². The minimum Gasteiger partial charge on any atom is -0.460 e. The summed E-state index contributed by atoms with van der Waals surface area (Å²) in [5.41, 5.74) is 0. The van der Waals surface area contributed by atoms with E-state index in [0.29, 0.717) is 39.6 Å². The lowest BCUT2D eigenvalue weighted by molar-refractivity contribution is -0.151. The van der Waals surface area contributed by atoms with Crippen LogP contribution < -0.4 is 5.32 Å². The van der Waals surface area contributed by atoms with Crippen molar-refractivity contribution in [1.82, 2.24) is 5.32 Å². The summed E-state index contributed by atoms with van der Waals surface area (Å²) in [5, 5.41) is 2.46. The van der Waals surface area contributed by atoms with Gasteiger partial charge in [-0.05, 0) is 0 Å². The standard InChI is InChI=1S/C13H23NO8/c1-17-2-3-18-4-5-19-6-7-20-10-12(15)21-9-11-8-14-13(16)22-11/h11H,2-10H2,1H3,(H,14,16)/t11-/m0/s1. The highest BCUT2D eigenvalue weighted by atomic mass is 16.6. The monoisotopic (exact) mass is 321 g/mol. The van der Waals surface area contributed by atoms with Crippen LogP contribution in [0, 0.1) is 0 Å². The Labute approximate surface area is 129 Å². The molecular weight excluding hydrogens is 298 g/mol. The summed E-state index contributed by atoms with van der Waals surface area (Å²) in [7, 11) is 1.61. The van der Waals surface area contributed by atoms with Crippen LogP contribution in [0.25, 0.3) is 0 Å². The van der Waals surface area contributed by atoms with Crippen molar-refractivity contribution in [2.45, 2.75) is 6.10 Å². The van der Waals surface area contributed by atoms with Crippen molar-refractivity contribution in [3.63, 3.8) is 0 Å². The molecule has 1 N–H and O–H groups in total. The van der Waals surface area contributed by atoms with Crippen molar-refractivity contribution in [2.24, 2.45) is 0 Å². The second kappa shape index (κ2) is 12.2. The van der Waals surface area contributed by atoms with Crippen molar-refractivity contribution < 1.29 is 38.0 Å². The molecule has 0 aromatic carbocycles. The topological polar surface area (TPSA) is 102 Å². The number of carbonyl (C=O) groups excluding carboxylic acids is 2. The fourth-order valence-electron chi connectivity index (χ4n) is 1.49. The molecule has 0 saturated carbocycles. The molecule has 1 aliphatic rings. The third-order valence-electron chi connectivity index (χ3n) is 2.57. The normalized spacial score (nSPS) is 17.1. The van der Waals surface area contributed by atoms with Crippen molar-refractivity contribution in [1.29, 1.82) is 0 Å². The van der Waals surface area contributed by atoms with E-state index in [1.165, 1.54) is 0 Å². The Hall–Kier alpha value is -1.42. The van der Waals surface area contributed by atoms with Gasteiger partial charge in [-0.1, -0.05) is 0 Å². The summed E-state index contributed by atoms with van der Waals surface area (Å²) >= 11 is 0. The summed E-state index contributed by atoms with van der Waals surface area (Å²) in [6, 6.07) is 0. The van der Waals surface area contributed by atoms with Crippen LogP contribution in [0.1, 0.15) is 0 Å². The number of cyclic esters (lactones) is 1. The quantitative estimate of drug-likeness (QED) is 0.352. The molecule has 1 heterocycles. The molecule has 0 spiro atoms. The Morgan fingerprint density at radius 2 is 1.77 bits per heavy atom. The van der Waals surface area contributed by atoms with E-state index in [-0.39, 0.29) is 19.8 Å². The molecule has 0 aliphatic carbocycles. The molecule has 9 heteroatoms. The lowest BCUT2D eigenvalue weighted by atomic mass is 10.4. The first-order valence-corrected chi connectivity index (χ1v) is 7.04. The number of methoxy groups -OCH3 is 1. The van der Waals surface area contributed by atoms with Crippen LogP contribution in [0.4, 0.5) is 4.79 Å². The maximum atomic E-state index is 11.3. The number of alkyl carbamates (subject to hydrolysis) is 1. The highest BCUT2D eigenvalue weighted by molar-refractivity contribution is 5.71. The lowest BCUT2D eigenvalue weighted by Crippen LogP contribution is -2.24. The van der Waals surface area contributed by atoms with Gasteiger partial charge in [0.2, 0.25) is 0 Å². The van der Waals surface area contributed by atoms with Gasteiger partial charge in [-0.2, -0.15) is 0 Å². The van der Waals surface area contributed by atoms with Gasteiger partial charge in [0.25, 0.3) is 0 Å². The SMILES string of the molecule is COCCOCCOCCOCC(=O)OC[C@@H]1CNC(=O)O1. The smallest absolute Gasteiger partial charge is 0.407 e. The molecule has 22 heavy (non-hydrogen) atoms. The number of rotatable bonds is 13. The molecule has 1 aliphatic heterocycles. The second-order valence-electron chi connectivity index (χ2n) is 4.36. The predicted octanol–water partition coefficient (Wildman–Crippen LogP) is -0.666. The van der Waals surface area contributed by atoms with Crippen LogP contribution >= 0.6 is 0 Å². The summed E-state index contributed by atoms with van der Waals surface area (Å²) in [6.07, 6.45) is -0.932. The van der Waals surface area contributed by atoms with Crippen LogP contribution in [-0.4, -0.2) is 84.7 Å². The third-order valence-corrected chi connectivity index (χ3v) is 2.57. The molecule has 0 bridgehead atoms. The number of amides is 1. The first-order valence-electron chi connectivity index (χ1n) is 7.04. The van der Waals surface area contributed by atoms with Gasteiger partial charge in [0.05, 0.1) is 46.2 Å². The first-order chi connectivity index (χ1) is 10.7. The number of hydrogen-bond acceptors (Lipinski definition) is 8. The van der Waals surface area contributed by atoms with Crippen molar-refractivity contribution in [2.75, 3.05) is 66.5 Å². The lowest BCUT2D eigenvalue weighted by Gasteiger charge is -2.09. The molecular formula is C13H23NO8. The van der Waals surface area contributed by atoms with Gasteiger partial charge in [-0.3, -0.25) is 0 Å². The molecule has 1 fully saturated rings. The van der Waals surface area contributed by atoms with E-state index in [1.807, 2.05) is 0 Å². The molecule has 1 rings (SSSR count). The van der Waals surface area contributed by atoms with E-state index in [4.69, 9.17) is 28.4 Å². The maximum Gasteiger partial charge on any atom is 0.407 e. The van der Waals surface area contributed by atoms with E-state index < -0.39 is 18.2 Å². The molecule has 1 saturated heterocycles. The molecule has 0 radical (unpaired) electrons. The summed E-state index contributed by atoms with van der Waals surface area (Å²) in [4.78, 5) is 22.1. The Morgan fingerprint density at radius 1 is 1.14 bits per heavy atom. The number of hydrogen-bond donors (Lipinski definition) is 1. The predicted molar refractivity (Wildman–Crippen MR) is 73.6 cm³/mol. The fourth-order valence-corrected chi connectivity index (χ4v) is 1.49. The Kier molecular flexibility index (Phi) is 10.3. The van der Waals surface area contributed by atoms with Gasteiger partial charge in [0.15, 0.2) is 6.10 Å². The minimum absolute atomic E-state index is 0.0241. The molecule has 1 atom stereocenters. The van der Waals surface area contributed by atoms with Gasteiger partial charge >= 0.3 is 12.1 Å². The molecule has 0 unspecified atom stereocenters. The summed E-state index contributed by atoms with van der Waals surface area (Å²) in [6.45, 7) is 2.88. The van der Waals surface area contributed by atoms with Crippen LogP contribution in [0.3, 0.4) is 0 Å². The molecule has 1 amide bonds. The van der Waals surface area contributed by atoms with Crippen molar-refractivity contribution in [3.8, 4) is 0 Å². The molecule has 0 aromatic heterocycles. The average molecular weight is 321 g/mol. The zero-order valence-electron chi connectivity index (χ0n) is 12.7. The zero-order valence-corrected chi connectivity index (χ0v) is 12.7. The molecule has 9 nitrogen and oxygen atoms in total. The van der Waals surface area contributed by atoms with Gasteiger partial charge in [0.1, 0.15) is 13.2 Å². The maximum absolute atomic E-state index is 11.3. The van der Waals surface area contributed by atoms with E-state index in [0.717, 1.165) is 0 Å².